The number of aromatic nitrogens is 3. The molecule has 3 heterocycles. The van der Waals surface area contributed by atoms with Gasteiger partial charge in [-0.15, -0.1) is 0 Å². The minimum atomic E-state index is -0.407. The molecule has 38 heavy (non-hydrogen) atoms. The molecule has 1 aliphatic heterocycles. The van der Waals surface area contributed by atoms with Gasteiger partial charge >= 0.3 is 5.97 Å². The monoisotopic (exact) mass is 538 g/mol. The molecule has 4 rings (SSSR count). The summed E-state index contributed by atoms with van der Waals surface area (Å²) in [5.74, 6) is 0.915. The van der Waals surface area contributed by atoms with Crippen molar-refractivity contribution in [3.8, 4) is 11.3 Å². The number of aliphatic hydroxyl groups excluding tert-OH is 1. The second-order valence-electron chi connectivity index (χ2n) is 9.61. The van der Waals surface area contributed by atoms with E-state index in [1.165, 1.54) is 11.3 Å². The van der Waals surface area contributed by atoms with Gasteiger partial charge in [0.05, 0.1) is 24.1 Å². The van der Waals surface area contributed by atoms with Crippen LogP contribution in [0, 0.1) is 12.8 Å². The van der Waals surface area contributed by atoms with Gasteiger partial charge in [0.25, 0.3) is 5.91 Å². The summed E-state index contributed by atoms with van der Waals surface area (Å²) >= 11 is 1.19. The van der Waals surface area contributed by atoms with Crippen LogP contribution in [0.2, 0.25) is 0 Å². The van der Waals surface area contributed by atoms with Crippen molar-refractivity contribution in [1.29, 1.82) is 0 Å². The third kappa shape index (κ3) is 6.84. The van der Waals surface area contributed by atoms with Gasteiger partial charge in [0.1, 0.15) is 10.7 Å². The van der Waals surface area contributed by atoms with Gasteiger partial charge in [-0.25, -0.2) is 14.8 Å². The molecule has 0 bridgehead atoms. The topological polar surface area (TPSA) is 130 Å². The van der Waals surface area contributed by atoms with E-state index in [4.69, 9.17) is 14.7 Å². The number of ether oxygens (including phenoxy) is 1. The van der Waals surface area contributed by atoms with Gasteiger partial charge in [-0.3, -0.25) is 10.1 Å². The van der Waals surface area contributed by atoms with E-state index in [9.17, 15) is 14.7 Å². The van der Waals surface area contributed by atoms with Crippen LogP contribution in [0.15, 0.2) is 30.3 Å². The maximum absolute atomic E-state index is 12.4. The molecule has 1 aliphatic rings. The SMILES string of the molecule is CCOC(=O)c1sc(Nc2nc(-c3ccc(C(=O)NCC(C)C)cc3)cc(N3CCC(O)CC3)n2)nc1C. The first-order valence-corrected chi connectivity index (χ1v) is 13.7. The van der Waals surface area contributed by atoms with Crippen molar-refractivity contribution < 1.29 is 19.4 Å². The molecule has 0 radical (unpaired) electrons. The number of thiazole rings is 1. The number of nitrogens with zero attached hydrogens (tertiary/aromatic N) is 4. The van der Waals surface area contributed by atoms with Crippen LogP contribution >= 0.6 is 11.3 Å². The van der Waals surface area contributed by atoms with Crippen LogP contribution in [-0.4, -0.2) is 64.3 Å². The molecule has 11 heteroatoms. The van der Waals surface area contributed by atoms with Gasteiger partial charge < -0.3 is 20.1 Å². The molecule has 0 atom stereocenters. The van der Waals surface area contributed by atoms with Crippen LogP contribution in [0.3, 0.4) is 0 Å². The fraction of sp³-hybridized carbons (Fsp3) is 0.444. The van der Waals surface area contributed by atoms with E-state index < -0.39 is 5.97 Å². The Morgan fingerprint density at radius 1 is 1.16 bits per heavy atom. The average molecular weight is 539 g/mol. The van der Waals surface area contributed by atoms with E-state index in [1.54, 1.807) is 26.0 Å². The van der Waals surface area contributed by atoms with Crippen LogP contribution in [0.25, 0.3) is 11.3 Å². The Morgan fingerprint density at radius 3 is 2.53 bits per heavy atom. The second kappa shape index (κ2) is 12.3. The summed E-state index contributed by atoms with van der Waals surface area (Å²) in [6, 6.07) is 9.22. The number of carbonyl (C=O) groups is 2. The lowest BCUT2D eigenvalue weighted by molar-refractivity contribution is 0.0530. The van der Waals surface area contributed by atoms with Crippen molar-refractivity contribution in [2.45, 2.75) is 46.6 Å². The standard InChI is InChI=1S/C27H34N6O4S/c1-5-37-25(36)23-17(4)29-27(38-23)32-26-30-21(14-22(31-26)33-12-10-20(34)11-13-33)18-6-8-19(9-7-18)24(35)28-15-16(2)3/h6-9,14,16,20,34H,5,10-13,15H2,1-4H3,(H,28,35)(H,29,30,31,32). The van der Waals surface area contributed by atoms with E-state index in [1.807, 2.05) is 18.2 Å². The summed E-state index contributed by atoms with van der Waals surface area (Å²) < 4.78 is 5.13. The van der Waals surface area contributed by atoms with Crippen molar-refractivity contribution in [1.82, 2.24) is 20.3 Å². The number of anilines is 3. The number of carbonyl (C=O) groups excluding carboxylic acids is 2. The lowest BCUT2D eigenvalue weighted by atomic mass is 10.1. The van der Waals surface area contributed by atoms with E-state index in [2.05, 4.69) is 34.4 Å². The minimum absolute atomic E-state index is 0.112. The third-order valence-corrected chi connectivity index (χ3v) is 7.14. The Hall–Kier alpha value is -3.57. The van der Waals surface area contributed by atoms with Crippen LogP contribution in [0.5, 0.6) is 0 Å². The zero-order valence-corrected chi connectivity index (χ0v) is 23.0. The van der Waals surface area contributed by atoms with Crippen LogP contribution in [0.1, 0.15) is 59.3 Å². The summed E-state index contributed by atoms with van der Waals surface area (Å²) in [5, 5.41) is 16.5. The highest BCUT2D eigenvalue weighted by molar-refractivity contribution is 7.17. The number of hydrogen-bond acceptors (Lipinski definition) is 10. The van der Waals surface area contributed by atoms with Gasteiger partial charge in [-0.2, -0.15) is 4.98 Å². The van der Waals surface area contributed by atoms with Gasteiger partial charge in [0, 0.05) is 36.8 Å². The zero-order chi connectivity index (χ0) is 27.2. The van der Waals surface area contributed by atoms with Crippen LogP contribution in [-0.2, 0) is 4.74 Å². The van der Waals surface area contributed by atoms with Crippen molar-refractivity contribution in [3.63, 3.8) is 0 Å². The molecule has 0 spiro atoms. The van der Waals surface area contributed by atoms with Crippen molar-refractivity contribution in [2.24, 2.45) is 5.92 Å². The summed E-state index contributed by atoms with van der Waals surface area (Å²) in [6.45, 7) is 9.88. The average Bonchev–Trinajstić information content (AvgIpc) is 3.27. The lowest BCUT2D eigenvalue weighted by Crippen LogP contribution is -2.36. The fourth-order valence-electron chi connectivity index (χ4n) is 4.02. The van der Waals surface area contributed by atoms with Gasteiger partial charge in [-0.05, 0) is 44.7 Å². The Balaban J connectivity index is 1.62. The summed E-state index contributed by atoms with van der Waals surface area (Å²) in [7, 11) is 0. The quantitative estimate of drug-likeness (QED) is 0.344. The Kier molecular flexibility index (Phi) is 8.90. The summed E-state index contributed by atoms with van der Waals surface area (Å²) in [4.78, 5) is 41.1. The smallest absolute Gasteiger partial charge is 0.350 e. The number of rotatable bonds is 9. The largest absolute Gasteiger partial charge is 0.462 e. The predicted molar refractivity (Wildman–Crippen MR) is 148 cm³/mol. The first-order chi connectivity index (χ1) is 18.2. The van der Waals surface area contributed by atoms with Crippen LogP contribution in [0.4, 0.5) is 16.9 Å². The minimum Gasteiger partial charge on any atom is -0.462 e. The molecule has 1 fully saturated rings. The molecule has 0 saturated carbocycles. The third-order valence-electron chi connectivity index (χ3n) is 6.09. The highest BCUT2D eigenvalue weighted by Gasteiger charge is 2.21. The van der Waals surface area contributed by atoms with Crippen molar-refractivity contribution >= 4 is 40.1 Å². The van der Waals surface area contributed by atoms with Gasteiger partial charge in [-0.1, -0.05) is 37.3 Å². The molecule has 202 valence electrons. The van der Waals surface area contributed by atoms with E-state index >= 15 is 0 Å². The number of amides is 1. The van der Waals surface area contributed by atoms with Crippen molar-refractivity contribution in [3.05, 3.63) is 46.5 Å². The fourth-order valence-corrected chi connectivity index (χ4v) is 4.87. The molecule has 1 amide bonds. The second-order valence-corrected chi connectivity index (χ2v) is 10.6. The molecule has 2 aromatic heterocycles. The number of aliphatic hydroxyl groups is 1. The molecule has 1 aromatic carbocycles. The molecule has 0 aliphatic carbocycles. The molecule has 1 saturated heterocycles. The van der Waals surface area contributed by atoms with Gasteiger partial charge in [0.2, 0.25) is 5.95 Å². The summed E-state index contributed by atoms with van der Waals surface area (Å²) in [6.07, 6.45) is 1.02. The normalized spacial score (nSPS) is 14.0. The first kappa shape index (κ1) is 27.5. The summed E-state index contributed by atoms with van der Waals surface area (Å²) in [5.41, 5.74) is 2.66. The van der Waals surface area contributed by atoms with E-state index in [0.29, 0.717) is 71.3 Å². The molecule has 3 aromatic rings. The lowest BCUT2D eigenvalue weighted by Gasteiger charge is -2.30. The van der Waals surface area contributed by atoms with E-state index in [0.717, 1.165) is 11.4 Å². The number of hydrogen-bond donors (Lipinski definition) is 3. The Labute approximate surface area is 226 Å². The number of piperidine rings is 1. The molecular formula is C27H34N6O4S. The highest BCUT2D eigenvalue weighted by Crippen LogP contribution is 2.29. The number of nitrogens with one attached hydrogen (secondary N) is 2. The predicted octanol–water partition coefficient (Wildman–Crippen LogP) is 4.18. The highest BCUT2D eigenvalue weighted by atomic mass is 32.1. The van der Waals surface area contributed by atoms with Crippen molar-refractivity contribution in [2.75, 3.05) is 36.5 Å². The first-order valence-electron chi connectivity index (χ1n) is 12.9. The number of benzene rings is 1. The Bertz CT molecular complexity index is 1270. The zero-order valence-electron chi connectivity index (χ0n) is 22.2. The maximum atomic E-state index is 12.4. The van der Waals surface area contributed by atoms with Gasteiger partial charge in [0.15, 0.2) is 5.13 Å². The number of aryl methyl sites for hydroxylation is 1. The van der Waals surface area contributed by atoms with E-state index in [-0.39, 0.29) is 18.6 Å². The number of esters is 1. The molecule has 3 N–H and O–H groups in total. The maximum Gasteiger partial charge on any atom is 0.350 e. The molecule has 10 nitrogen and oxygen atoms in total. The molecule has 0 unspecified atom stereocenters. The molecular weight excluding hydrogens is 504 g/mol. The van der Waals surface area contributed by atoms with Crippen LogP contribution < -0.4 is 15.5 Å². The Morgan fingerprint density at radius 2 is 1.87 bits per heavy atom.